The van der Waals surface area contributed by atoms with Crippen LogP contribution in [-0.2, 0) is 11.2 Å². The van der Waals surface area contributed by atoms with Gasteiger partial charge in [-0.15, -0.1) is 0 Å². The van der Waals surface area contributed by atoms with Gasteiger partial charge in [-0.1, -0.05) is 0 Å². The van der Waals surface area contributed by atoms with Gasteiger partial charge in [-0.05, 0) is 24.1 Å². The minimum absolute atomic E-state index is 0.00863. The largest absolute Gasteiger partial charge is 0.494 e. The molecule has 0 saturated carbocycles. The predicted molar refractivity (Wildman–Crippen MR) is 80.9 cm³/mol. The van der Waals surface area contributed by atoms with Crippen molar-refractivity contribution in [2.45, 2.75) is 12.8 Å². The third kappa shape index (κ3) is 3.29. The fraction of sp³-hybridized carbons (Fsp3) is 0.333. The molecule has 9 heteroatoms. The van der Waals surface area contributed by atoms with Crippen molar-refractivity contribution in [1.29, 1.82) is 0 Å². The second-order valence-electron chi connectivity index (χ2n) is 4.90. The van der Waals surface area contributed by atoms with E-state index in [2.05, 4.69) is 10.3 Å². The summed E-state index contributed by atoms with van der Waals surface area (Å²) in [5.41, 5.74) is 0.739. The number of H-pyrrole nitrogens is 1. The molecule has 1 heterocycles. The van der Waals surface area contributed by atoms with Gasteiger partial charge >= 0.3 is 6.43 Å². The zero-order valence-corrected chi connectivity index (χ0v) is 13.0. The zero-order chi connectivity index (χ0) is 17.9. The Morgan fingerprint density at radius 2 is 2.04 bits per heavy atom. The first-order valence-electron chi connectivity index (χ1n) is 7.05. The van der Waals surface area contributed by atoms with E-state index in [1.165, 1.54) is 20.2 Å². The van der Waals surface area contributed by atoms with Gasteiger partial charge in [0.15, 0.2) is 11.6 Å². The number of carbonyl (C=O) groups excluding carboxylic acids is 2. The van der Waals surface area contributed by atoms with Crippen LogP contribution in [0.25, 0.3) is 10.9 Å². The lowest BCUT2D eigenvalue weighted by Crippen LogP contribution is -2.31. The molecule has 2 amide bonds. The fourth-order valence-electron chi connectivity index (χ4n) is 2.41. The molecular weight excluding hydrogens is 327 g/mol. The number of fused-ring (bicyclic) bond motifs is 1. The number of hydrogen-bond acceptors (Lipinski definition) is 3. The van der Waals surface area contributed by atoms with Crippen molar-refractivity contribution in [1.82, 2.24) is 15.6 Å². The number of hydrogen-bond donors (Lipinski definition) is 3. The molecule has 2 aromatic rings. The summed E-state index contributed by atoms with van der Waals surface area (Å²) in [6, 6.07) is 2.95. The SMILES string of the molecule is CNC(=O)c1[nH]c2ccc(OC)c(F)c2c1CCNC(=O)C(F)F. The lowest BCUT2D eigenvalue weighted by molar-refractivity contribution is -0.131. The zero-order valence-electron chi connectivity index (χ0n) is 13.0. The normalized spacial score (nSPS) is 10.9. The molecule has 0 fully saturated rings. The van der Waals surface area contributed by atoms with Crippen molar-refractivity contribution in [3.8, 4) is 5.75 Å². The minimum Gasteiger partial charge on any atom is -0.494 e. The summed E-state index contributed by atoms with van der Waals surface area (Å²) < 4.78 is 43.9. The van der Waals surface area contributed by atoms with Crippen LogP contribution in [0.3, 0.4) is 0 Å². The average molecular weight is 343 g/mol. The van der Waals surface area contributed by atoms with Crippen molar-refractivity contribution in [2.75, 3.05) is 20.7 Å². The van der Waals surface area contributed by atoms with E-state index < -0.39 is 24.1 Å². The first-order chi connectivity index (χ1) is 11.4. The summed E-state index contributed by atoms with van der Waals surface area (Å²) in [5, 5.41) is 4.57. The molecule has 0 aliphatic heterocycles. The smallest absolute Gasteiger partial charge is 0.315 e. The van der Waals surface area contributed by atoms with Crippen molar-refractivity contribution >= 4 is 22.7 Å². The molecule has 0 radical (unpaired) electrons. The van der Waals surface area contributed by atoms with Crippen LogP contribution in [0, 0.1) is 5.82 Å². The van der Waals surface area contributed by atoms with E-state index in [1.54, 1.807) is 6.07 Å². The summed E-state index contributed by atoms with van der Waals surface area (Å²) in [6.07, 6.45) is -3.14. The van der Waals surface area contributed by atoms with Gasteiger partial charge in [0.2, 0.25) is 0 Å². The molecule has 0 atom stereocenters. The molecule has 6 nitrogen and oxygen atoms in total. The van der Waals surface area contributed by atoms with Crippen molar-refractivity contribution in [2.24, 2.45) is 0 Å². The average Bonchev–Trinajstić information content (AvgIpc) is 2.93. The van der Waals surface area contributed by atoms with Gasteiger partial charge in [0.25, 0.3) is 11.8 Å². The van der Waals surface area contributed by atoms with Crippen LogP contribution < -0.4 is 15.4 Å². The Morgan fingerprint density at radius 3 is 2.62 bits per heavy atom. The number of methoxy groups -OCH3 is 1. The minimum atomic E-state index is -3.14. The van der Waals surface area contributed by atoms with Crippen LogP contribution >= 0.6 is 0 Å². The highest BCUT2D eigenvalue weighted by Crippen LogP contribution is 2.31. The third-order valence-electron chi connectivity index (χ3n) is 3.52. The van der Waals surface area contributed by atoms with E-state index in [1.807, 2.05) is 5.32 Å². The van der Waals surface area contributed by atoms with Crippen molar-refractivity contribution < 1.29 is 27.5 Å². The summed E-state index contributed by atoms with van der Waals surface area (Å²) in [5.74, 6) is -2.59. The van der Waals surface area contributed by atoms with E-state index >= 15 is 0 Å². The molecule has 0 aliphatic rings. The van der Waals surface area contributed by atoms with Crippen LogP contribution in [0.1, 0.15) is 16.1 Å². The lowest BCUT2D eigenvalue weighted by Gasteiger charge is -2.07. The standard InChI is InChI=1S/C15H16F3N3O3/c1-19-14(22)12-7(5-6-20-15(23)13(17)18)10-8(21-12)3-4-9(24-2)11(10)16/h3-4,13,21H,5-6H2,1-2H3,(H,19,22)(H,20,23). The first kappa shape index (κ1) is 17.6. The van der Waals surface area contributed by atoms with Crippen molar-refractivity contribution in [3.63, 3.8) is 0 Å². The van der Waals surface area contributed by atoms with Gasteiger partial charge < -0.3 is 20.4 Å². The van der Waals surface area contributed by atoms with Gasteiger partial charge in [0.1, 0.15) is 5.69 Å². The molecular formula is C15H16F3N3O3. The molecule has 0 saturated heterocycles. The Kier molecular flexibility index (Phi) is 5.32. The highest BCUT2D eigenvalue weighted by Gasteiger charge is 2.22. The van der Waals surface area contributed by atoms with Gasteiger partial charge in [-0.25, -0.2) is 4.39 Å². The fourth-order valence-corrected chi connectivity index (χ4v) is 2.41. The van der Waals surface area contributed by atoms with Crippen LogP contribution in [-0.4, -0.2) is 43.9 Å². The molecule has 0 bridgehead atoms. The van der Waals surface area contributed by atoms with Crippen LogP contribution in [0.5, 0.6) is 5.75 Å². The Morgan fingerprint density at radius 1 is 1.33 bits per heavy atom. The number of amides is 2. The van der Waals surface area contributed by atoms with Crippen LogP contribution in [0.4, 0.5) is 13.2 Å². The molecule has 1 aromatic carbocycles. The highest BCUT2D eigenvalue weighted by atomic mass is 19.3. The third-order valence-corrected chi connectivity index (χ3v) is 3.52. The molecule has 0 spiro atoms. The number of aromatic nitrogens is 1. The maximum Gasteiger partial charge on any atom is 0.315 e. The van der Waals surface area contributed by atoms with E-state index in [4.69, 9.17) is 4.74 Å². The monoisotopic (exact) mass is 343 g/mol. The summed E-state index contributed by atoms with van der Waals surface area (Å²) in [6.45, 7) is -0.170. The second-order valence-corrected chi connectivity index (χ2v) is 4.90. The number of alkyl halides is 2. The topological polar surface area (TPSA) is 83.2 Å². The molecule has 130 valence electrons. The van der Waals surface area contributed by atoms with Crippen LogP contribution in [0.2, 0.25) is 0 Å². The van der Waals surface area contributed by atoms with E-state index in [-0.39, 0.29) is 35.4 Å². The predicted octanol–water partition coefficient (Wildman–Crippen LogP) is 1.60. The number of carbonyl (C=O) groups is 2. The van der Waals surface area contributed by atoms with E-state index in [0.717, 1.165) is 0 Å². The summed E-state index contributed by atoms with van der Waals surface area (Å²) in [4.78, 5) is 25.7. The van der Waals surface area contributed by atoms with Gasteiger partial charge in [0, 0.05) is 24.5 Å². The first-order valence-corrected chi connectivity index (χ1v) is 7.05. The number of benzene rings is 1. The number of halogens is 3. The second kappa shape index (κ2) is 7.24. The molecule has 3 N–H and O–H groups in total. The maximum atomic E-state index is 14.5. The Hall–Kier alpha value is -2.71. The van der Waals surface area contributed by atoms with Crippen molar-refractivity contribution in [3.05, 3.63) is 29.2 Å². The van der Waals surface area contributed by atoms with Crippen LogP contribution in [0.15, 0.2) is 12.1 Å². The molecule has 1 aromatic heterocycles. The van der Waals surface area contributed by atoms with E-state index in [9.17, 15) is 22.8 Å². The molecule has 24 heavy (non-hydrogen) atoms. The Labute approximate surface area is 135 Å². The van der Waals surface area contributed by atoms with Gasteiger partial charge in [-0.3, -0.25) is 9.59 Å². The Bertz CT molecular complexity index is 774. The number of nitrogens with one attached hydrogen (secondary N) is 3. The molecule has 2 rings (SSSR count). The quantitative estimate of drug-likeness (QED) is 0.745. The number of ether oxygens (including phenoxy) is 1. The highest BCUT2D eigenvalue weighted by molar-refractivity contribution is 6.01. The summed E-state index contributed by atoms with van der Waals surface area (Å²) >= 11 is 0. The number of aromatic amines is 1. The van der Waals surface area contributed by atoms with E-state index in [0.29, 0.717) is 5.52 Å². The number of rotatable bonds is 6. The molecule has 0 unspecified atom stereocenters. The lowest BCUT2D eigenvalue weighted by atomic mass is 10.1. The Balaban J connectivity index is 2.43. The van der Waals surface area contributed by atoms with Gasteiger partial charge in [0.05, 0.1) is 7.11 Å². The summed E-state index contributed by atoms with van der Waals surface area (Å²) in [7, 11) is 2.71. The van der Waals surface area contributed by atoms with Gasteiger partial charge in [-0.2, -0.15) is 8.78 Å². The molecule has 0 aliphatic carbocycles. The maximum absolute atomic E-state index is 14.5.